The molecule has 0 bridgehead atoms. The standard InChI is InChI=1S/C25H31N3O/c1-25(2)12-10-22(11-13-25)26-16-17-29-23-8-6-19(7-9-23)20-4-3-5-21(18-20)24-27-14-15-28-24/h3-9,14-15,18,22,26H,10-13,16-17H2,1-2H3,(H,27,28). The van der Waals surface area contributed by atoms with Gasteiger partial charge in [-0.25, -0.2) is 4.98 Å². The Labute approximate surface area is 173 Å². The van der Waals surface area contributed by atoms with Crippen molar-refractivity contribution in [2.45, 2.75) is 45.6 Å². The summed E-state index contributed by atoms with van der Waals surface area (Å²) in [6.45, 7) is 6.36. The van der Waals surface area contributed by atoms with Crippen molar-refractivity contribution in [2.75, 3.05) is 13.2 Å². The van der Waals surface area contributed by atoms with Crippen LogP contribution in [0.3, 0.4) is 0 Å². The SMILES string of the molecule is CC1(C)CCC(NCCOc2ccc(-c3cccc(-c4ncc[nH]4)c3)cc2)CC1. The van der Waals surface area contributed by atoms with E-state index in [1.54, 1.807) is 6.20 Å². The predicted octanol–water partition coefficient (Wildman–Crippen LogP) is 5.68. The van der Waals surface area contributed by atoms with Gasteiger partial charge in [0.1, 0.15) is 18.2 Å². The van der Waals surface area contributed by atoms with Gasteiger partial charge in [-0.1, -0.05) is 44.2 Å². The molecule has 4 heteroatoms. The summed E-state index contributed by atoms with van der Waals surface area (Å²) >= 11 is 0. The van der Waals surface area contributed by atoms with E-state index in [1.165, 1.54) is 36.8 Å². The first-order valence-electron chi connectivity index (χ1n) is 10.7. The van der Waals surface area contributed by atoms with E-state index in [-0.39, 0.29) is 0 Å². The molecule has 2 aromatic carbocycles. The Morgan fingerprint density at radius 2 is 1.79 bits per heavy atom. The third-order valence-electron chi connectivity index (χ3n) is 5.96. The number of nitrogens with one attached hydrogen (secondary N) is 2. The Morgan fingerprint density at radius 1 is 1.03 bits per heavy atom. The maximum Gasteiger partial charge on any atom is 0.137 e. The number of imidazole rings is 1. The average molecular weight is 390 g/mol. The quantitative estimate of drug-likeness (QED) is 0.511. The van der Waals surface area contributed by atoms with E-state index >= 15 is 0 Å². The van der Waals surface area contributed by atoms with Crippen molar-refractivity contribution in [3.8, 4) is 28.3 Å². The maximum absolute atomic E-state index is 5.93. The molecule has 4 rings (SSSR count). The van der Waals surface area contributed by atoms with Gasteiger partial charge in [0.05, 0.1) is 0 Å². The van der Waals surface area contributed by atoms with E-state index in [0.717, 1.165) is 23.7 Å². The van der Waals surface area contributed by atoms with E-state index in [2.05, 4.69) is 77.7 Å². The van der Waals surface area contributed by atoms with Crippen LogP contribution in [0.5, 0.6) is 5.75 Å². The molecule has 0 spiro atoms. The summed E-state index contributed by atoms with van der Waals surface area (Å²) in [6.07, 6.45) is 8.80. The Hall–Kier alpha value is -2.59. The number of ether oxygens (including phenoxy) is 1. The summed E-state index contributed by atoms with van der Waals surface area (Å²) in [5.41, 5.74) is 3.96. The molecular formula is C25H31N3O. The van der Waals surface area contributed by atoms with Crippen molar-refractivity contribution >= 4 is 0 Å². The number of aromatic amines is 1. The van der Waals surface area contributed by atoms with Gasteiger partial charge in [-0.15, -0.1) is 0 Å². The lowest BCUT2D eigenvalue weighted by atomic mass is 9.75. The minimum Gasteiger partial charge on any atom is -0.492 e. The van der Waals surface area contributed by atoms with E-state index in [4.69, 9.17) is 4.74 Å². The fourth-order valence-corrected chi connectivity index (χ4v) is 4.05. The van der Waals surface area contributed by atoms with Crippen LogP contribution in [0.2, 0.25) is 0 Å². The summed E-state index contributed by atoms with van der Waals surface area (Å²) < 4.78 is 5.93. The molecule has 0 aliphatic heterocycles. The van der Waals surface area contributed by atoms with E-state index in [0.29, 0.717) is 18.1 Å². The second-order valence-electron chi connectivity index (χ2n) is 8.78. The number of hydrogen-bond donors (Lipinski definition) is 2. The average Bonchev–Trinajstić information content (AvgIpc) is 3.28. The number of rotatable bonds is 7. The molecular weight excluding hydrogens is 358 g/mol. The molecule has 152 valence electrons. The smallest absolute Gasteiger partial charge is 0.137 e. The molecule has 2 N–H and O–H groups in total. The van der Waals surface area contributed by atoms with Gasteiger partial charge in [0, 0.05) is 30.5 Å². The zero-order chi connectivity index (χ0) is 20.1. The minimum atomic E-state index is 0.522. The third kappa shape index (κ3) is 5.27. The molecule has 1 heterocycles. The molecule has 1 aliphatic carbocycles. The normalized spacial score (nSPS) is 16.6. The summed E-state index contributed by atoms with van der Waals surface area (Å²) in [5.74, 6) is 1.81. The van der Waals surface area contributed by atoms with Gasteiger partial charge in [0.15, 0.2) is 0 Å². The van der Waals surface area contributed by atoms with Crippen LogP contribution in [0.25, 0.3) is 22.5 Å². The van der Waals surface area contributed by atoms with Gasteiger partial charge < -0.3 is 15.0 Å². The Morgan fingerprint density at radius 3 is 2.52 bits per heavy atom. The molecule has 1 aliphatic rings. The monoisotopic (exact) mass is 389 g/mol. The first-order valence-corrected chi connectivity index (χ1v) is 10.7. The van der Waals surface area contributed by atoms with Gasteiger partial charge in [-0.2, -0.15) is 0 Å². The Kier molecular flexibility index (Phi) is 6.00. The van der Waals surface area contributed by atoms with Crippen LogP contribution in [0.15, 0.2) is 60.9 Å². The Bertz CT molecular complexity index is 890. The third-order valence-corrected chi connectivity index (χ3v) is 5.96. The molecule has 0 radical (unpaired) electrons. The number of benzene rings is 2. The highest BCUT2D eigenvalue weighted by molar-refractivity contribution is 5.70. The van der Waals surface area contributed by atoms with Gasteiger partial charge in [-0.05, 0) is 60.4 Å². The first kappa shape index (κ1) is 19.7. The topological polar surface area (TPSA) is 49.9 Å². The van der Waals surface area contributed by atoms with Gasteiger partial charge in [-0.3, -0.25) is 0 Å². The van der Waals surface area contributed by atoms with Crippen molar-refractivity contribution in [2.24, 2.45) is 5.41 Å². The summed E-state index contributed by atoms with van der Waals surface area (Å²) in [6, 6.07) is 17.4. The molecule has 1 fully saturated rings. The lowest BCUT2D eigenvalue weighted by molar-refractivity contribution is 0.200. The molecule has 0 unspecified atom stereocenters. The highest BCUT2D eigenvalue weighted by Gasteiger charge is 2.26. The highest BCUT2D eigenvalue weighted by atomic mass is 16.5. The summed E-state index contributed by atoms with van der Waals surface area (Å²) in [7, 11) is 0. The lowest BCUT2D eigenvalue weighted by Gasteiger charge is -2.34. The van der Waals surface area contributed by atoms with E-state index in [9.17, 15) is 0 Å². The minimum absolute atomic E-state index is 0.522. The van der Waals surface area contributed by atoms with Crippen molar-refractivity contribution in [3.63, 3.8) is 0 Å². The van der Waals surface area contributed by atoms with Gasteiger partial charge in [0.25, 0.3) is 0 Å². The number of H-pyrrole nitrogens is 1. The molecule has 0 amide bonds. The second-order valence-corrected chi connectivity index (χ2v) is 8.78. The van der Waals surface area contributed by atoms with Crippen LogP contribution < -0.4 is 10.1 Å². The number of nitrogens with zero attached hydrogens (tertiary/aromatic N) is 1. The second kappa shape index (κ2) is 8.83. The fraction of sp³-hybridized carbons (Fsp3) is 0.400. The van der Waals surface area contributed by atoms with Crippen LogP contribution in [0.4, 0.5) is 0 Å². The zero-order valence-corrected chi connectivity index (χ0v) is 17.4. The van der Waals surface area contributed by atoms with Crippen molar-refractivity contribution < 1.29 is 4.74 Å². The fourth-order valence-electron chi connectivity index (χ4n) is 4.05. The molecule has 1 aromatic heterocycles. The van der Waals surface area contributed by atoms with Crippen molar-refractivity contribution in [1.29, 1.82) is 0 Å². The molecule has 0 saturated heterocycles. The van der Waals surface area contributed by atoms with E-state index < -0.39 is 0 Å². The van der Waals surface area contributed by atoms with E-state index in [1.807, 2.05) is 6.20 Å². The lowest BCUT2D eigenvalue weighted by Crippen LogP contribution is -2.37. The van der Waals surface area contributed by atoms with Crippen LogP contribution in [0, 0.1) is 5.41 Å². The van der Waals surface area contributed by atoms with Crippen molar-refractivity contribution in [3.05, 3.63) is 60.9 Å². The van der Waals surface area contributed by atoms with Gasteiger partial charge >= 0.3 is 0 Å². The van der Waals surface area contributed by atoms with Crippen LogP contribution >= 0.6 is 0 Å². The summed E-state index contributed by atoms with van der Waals surface area (Å²) in [4.78, 5) is 7.50. The molecule has 3 aromatic rings. The maximum atomic E-state index is 5.93. The molecule has 1 saturated carbocycles. The van der Waals surface area contributed by atoms with Crippen LogP contribution in [-0.4, -0.2) is 29.2 Å². The predicted molar refractivity (Wildman–Crippen MR) is 119 cm³/mol. The van der Waals surface area contributed by atoms with Crippen LogP contribution in [-0.2, 0) is 0 Å². The molecule has 29 heavy (non-hydrogen) atoms. The number of hydrogen-bond acceptors (Lipinski definition) is 3. The Balaban J connectivity index is 1.27. The highest BCUT2D eigenvalue weighted by Crippen LogP contribution is 2.35. The molecule has 0 atom stereocenters. The van der Waals surface area contributed by atoms with Crippen molar-refractivity contribution in [1.82, 2.24) is 15.3 Å². The zero-order valence-electron chi connectivity index (χ0n) is 17.4. The largest absolute Gasteiger partial charge is 0.492 e. The van der Waals surface area contributed by atoms with Crippen LogP contribution in [0.1, 0.15) is 39.5 Å². The molecule has 4 nitrogen and oxygen atoms in total. The number of aromatic nitrogens is 2. The first-order chi connectivity index (χ1) is 14.1. The summed E-state index contributed by atoms with van der Waals surface area (Å²) in [5, 5.41) is 3.65. The van der Waals surface area contributed by atoms with Gasteiger partial charge in [0.2, 0.25) is 0 Å².